The Balaban J connectivity index is 1.96. The molecule has 0 spiro atoms. The molecule has 0 aromatic rings. The van der Waals surface area contributed by atoms with Crippen LogP contribution in [0.3, 0.4) is 0 Å². The third-order valence-electron chi connectivity index (χ3n) is 8.58. The normalized spacial score (nSPS) is 15.8. The van der Waals surface area contributed by atoms with E-state index in [-0.39, 0.29) is 11.9 Å². The minimum Gasteiger partial charge on any atom is -0.396 e. The van der Waals surface area contributed by atoms with E-state index in [9.17, 15) is 9.59 Å². The Morgan fingerprint density at radius 1 is 0.500 bits per heavy atom. The Kier molecular flexibility index (Phi) is 26.5. The summed E-state index contributed by atoms with van der Waals surface area (Å²) in [5, 5.41) is 0. The third kappa shape index (κ3) is 23.7. The van der Waals surface area contributed by atoms with E-state index in [1.165, 1.54) is 116 Å². The summed E-state index contributed by atoms with van der Waals surface area (Å²) < 4.78 is 16.3. The molecule has 0 aliphatic carbocycles. The molecule has 1 unspecified atom stereocenters. The first kappa shape index (κ1) is 40.4. The Morgan fingerprint density at radius 2 is 0.773 bits per heavy atom. The van der Waals surface area contributed by atoms with Crippen molar-refractivity contribution in [1.82, 2.24) is 0 Å². The van der Waals surface area contributed by atoms with Crippen LogP contribution in [0.4, 0.5) is 0 Å². The number of hydrogen-bond donors (Lipinski definition) is 0. The fourth-order valence-corrected chi connectivity index (χ4v) is 5.55. The molecule has 5 heteroatoms. The molecule has 44 heavy (non-hydrogen) atoms. The molecule has 1 aliphatic heterocycles. The van der Waals surface area contributed by atoms with Gasteiger partial charge in [0.25, 0.3) is 0 Å². The largest absolute Gasteiger partial charge is 0.404 e. The van der Waals surface area contributed by atoms with Crippen LogP contribution in [0.5, 0.6) is 0 Å². The van der Waals surface area contributed by atoms with E-state index in [4.69, 9.17) is 14.2 Å². The van der Waals surface area contributed by atoms with E-state index in [1.807, 2.05) is 0 Å². The average Bonchev–Trinajstić information content (AvgIpc) is 3.63. The first-order chi connectivity index (χ1) is 21.5. The van der Waals surface area contributed by atoms with E-state index in [1.54, 1.807) is 6.92 Å². The summed E-state index contributed by atoms with van der Waals surface area (Å²) >= 11 is 0. The van der Waals surface area contributed by atoms with E-state index in [0.717, 1.165) is 51.4 Å². The minimum atomic E-state index is -1.49. The van der Waals surface area contributed by atoms with Gasteiger partial charge in [-0.25, -0.2) is 0 Å². The summed E-state index contributed by atoms with van der Waals surface area (Å²) in [5.41, 5.74) is 0. The topological polar surface area (TPSA) is 65.1 Å². The summed E-state index contributed by atoms with van der Waals surface area (Å²) in [5.74, 6) is -2.18. The third-order valence-corrected chi connectivity index (χ3v) is 8.58. The van der Waals surface area contributed by atoms with Crippen molar-refractivity contribution in [3.8, 4) is 0 Å². The summed E-state index contributed by atoms with van der Waals surface area (Å²) in [6, 6.07) is 0. The summed E-state index contributed by atoms with van der Waals surface area (Å²) in [7, 11) is 0. The van der Waals surface area contributed by atoms with Crippen LogP contribution in [0, 0.1) is 0 Å². The first-order valence-electron chi connectivity index (χ1n) is 19.0. The number of rotatable bonds is 32. The molecule has 5 nitrogen and oxygen atoms in total. The van der Waals surface area contributed by atoms with Crippen molar-refractivity contribution >= 4 is 11.9 Å². The lowest BCUT2D eigenvalue weighted by Gasteiger charge is -2.14. The van der Waals surface area contributed by atoms with Gasteiger partial charge in [-0.15, -0.1) is 0 Å². The molecule has 0 aromatic heterocycles. The first-order valence-corrected chi connectivity index (χ1v) is 19.0. The van der Waals surface area contributed by atoms with Crippen molar-refractivity contribution in [3.05, 3.63) is 24.3 Å². The predicted octanol–water partition coefficient (Wildman–Crippen LogP) is 12.2. The van der Waals surface area contributed by atoms with Crippen LogP contribution < -0.4 is 0 Å². The standard InChI is InChI=1S/C39H70O5/c1-4-6-8-10-12-14-16-18-20-22-24-26-28-30-32-34-37(40)43-39(36(3)42-39)44-38(41)35-33-31-29-27-25-23-21-19-17-15-13-11-9-7-5-2/h18-21,36H,4-17,22-35H2,1-3H3/b20-18-,21-19-. The van der Waals surface area contributed by atoms with E-state index >= 15 is 0 Å². The van der Waals surface area contributed by atoms with Crippen molar-refractivity contribution in [2.75, 3.05) is 0 Å². The van der Waals surface area contributed by atoms with Crippen molar-refractivity contribution in [2.45, 2.75) is 213 Å². The number of carbonyl (C=O) groups is 2. The maximum atomic E-state index is 12.4. The van der Waals surface area contributed by atoms with Gasteiger partial charge in [-0.3, -0.25) is 14.3 Å². The van der Waals surface area contributed by atoms with E-state index < -0.39 is 12.1 Å². The summed E-state index contributed by atoms with van der Waals surface area (Å²) in [6.07, 6.45) is 41.3. The van der Waals surface area contributed by atoms with Crippen molar-refractivity contribution in [1.29, 1.82) is 0 Å². The second-order valence-corrected chi connectivity index (χ2v) is 13.0. The highest BCUT2D eigenvalue weighted by Gasteiger charge is 2.62. The Labute approximate surface area is 272 Å². The lowest BCUT2D eigenvalue weighted by Crippen LogP contribution is -2.29. The quantitative estimate of drug-likeness (QED) is 0.0247. The van der Waals surface area contributed by atoms with Crippen LogP contribution in [0.15, 0.2) is 24.3 Å². The lowest BCUT2D eigenvalue weighted by molar-refractivity contribution is -0.224. The fourth-order valence-electron chi connectivity index (χ4n) is 5.55. The molecule has 0 radical (unpaired) electrons. The molecule has 0 saturated carbocycles. The van der Waals surface area contributed by atoms with Crippen molar-refractivity contribution in [2.24, 2.45) is 0 Å². The Bertz CT molecular complexity index is 689. The summed E-state index contributed by atoms with van der Waals surface area (Å²) in [6.45, 7) is 6.29. The van der Waals surface area contributed by atoms with Gasteiger partial charge >= 0.3 is 17.9 Å². The summed E-state index contributed by atoms with van der Waals surface area (Å²) in [4.78, 5) is 24.7. The second kappa shape index (κ2) is 28.8. The monoisotopic (exact) mass is 619 g/mol. The molecule has 1 atom stereocenters. The number of epoxide rings is 1. The Hall–Kier alpha value is -1.62. The zero-order valence-electron chi connectivity index (χ0n) is 29.2. The molecule has 0 N–H and O–H groups in total. The SMILES string of the molecule is CCCCCCCC/C=C\CCCCCCCC(=O)OC1(OC(=O)CCCCCCC/C=C\CCCCCCCC)OC1C. The van der Waals surface area contributed by atoms with Crippen LogP contribution in [-0.4, -0.2) is 24.0 Å². The zero-order chi connectivity index (χ0) is 32.0. The smallest absolute Gasteiger partial charge is 0.396 e. The van der Waals surface area contributed by atoms with Gasteiger partial charge in [0, 0.05) is 12.8 Å². The molecule has 1 heterocycles. The zero-order valence-corrected chi connectivity index (χ0v) is 29.2. The van der Waals surface area contributed by atoms with Crippen LogP contribution >= 0.6 is 0 Å². The molecule has 0 aromatic carbocycles. The highest BCUT2D eigenvalue weighted by Crippen LogP contribution is 2.39. The van der Waals surface area contributed by atoms with Crippen molar-refractivity contribution < 1.29 is 23.8 Å². The number of unbranched alkanes of at least 4 members (excludes halogenated alkanes) is 22. The van der Waals surface area contributed by atoms with Crippen LogP contribution in [0.25, 0.3) is 0 Å². The molecule has 1 rings (SSSR count). The molecule has 256 valence electrons. The van der Waals surface area contributed by atoms with Crippen LogP contribution in [0.1, 0.15) is 201 Å². The van der Waals surface area contributed by atoms with Gasteiger partial charge in [0.1, 0.15) is 0 Å². The number of allylic oxidation sites excluding steroid dienone is 4. The molecular weight excluding hydrogens is 548 g/mol. The van der Waals surface area contributed by atoms with Gasteiger partial charge in [0.05, 0.1) is 0 Å². The number of carbonyl (C=O) groups excluding carboxylic acids is 2. The average molecular weight is 619 g/mol. The fraction of sp³-hybridized carbons (Fsp3) is 0.846. The molecule has 1 fully saturated rings. The number of esters is 2. The van der Waals surface area contributed by atoms with E-state index in [2.05, 4.69) is 38.2 Å². The predicted molar refractivity (Wildman–Crippen MR) is 184 cm³/mol. The minimum absolute atomic E-state index is 0.335. The van der Waals surface area contributed by atoms with Crippen LogP contribution in [0.2, 0.25) is 0 Å². The van der Waals surface area contributed by atoms with Gasteiger partial charge in [-0.1, -0.05) is 141 Å². The van der Waals surface area contributed by atoms with Crippen LogP contribution in [-0.2, 0) is 23.8 Å². The van der Waals surface area contributed by atoms with Gasteiger partial charge in [0.15, 0.2) is 6.10 Å². The van der Waals surface area contributed by atoms with E-state index in [0.29, 0.717) is 12.8 Å². The van der Waals surface area contributed by atoms with Gasteiger partial charge < -0.3 is 9.47 Å². The molecule has 0 bridgehead atoms. The highest BCUT2D eigenvalue weighted by molar-refractivity contribution is 5.72. The lowest BCUT2D eigenvalue weighted by atomic mass is 10.1. The van der Waals surface area contributed by atoms with Gasteiger partial charge in [0.2, 0.25) is 0 Å². The van der Waals surface area contributed by atoms with Gasteiger partial charge in [-0.05, 0) is 71.1 Å². The molecular formula is C39H70O5. The number of hydrogen-bond acceptors (Lipinski definition) is 5. The number of ether oxygens (including phenoxy) is 3. The highest BCUT2D eigenvalue weighted by atomic mass is 17.0. The molecule has 0 amide bonds. The van der Waals surface area contributed by atoms with Crippen molar-refractivity contribution in [3.63, 3.8) is 0 Å². The molecule has 1 aliphatic rings. The van der Waals surface area contributed by atoms with Gasteiger partial charge in [-0.2, -0.15) is 0 Å². The maximum Gasteiger partial charge on any atom is 0.404 e. The second-order valence-electron chi connectivity index (χ2n) is 13.0. The Morgan fingerprint density at radius 3 is 1.07 bits per heavy atom. The molecule has 1 saturated heterocycles. The maximum absolute atomic E-state index is 12.4.